The highest BCUT2D eigenvalue weighted by Crippen LogP contribution is 2.26. The van der Waals surface area contributed by atoms with E-state index in [0.29, 0.717) is 9.73 Å². The van der Waals surface area contributed by atoms with E-state index in [1.54, 1.807) is 5.38 Å². The Hall–Kier alpha value is -1.01. The molecule has 2 rings (SSSR count). The van der Waals surface area contributed by atoms with Gasteiger partial charge in [0.1, 0.15) is 21.9 Å². The average molecular weight is 291 g/mol. The molecular formula is C9H5BrF2N2S. The molecule has 0 spiro atoms. The highest BCUT2D eigenvalue weighted by Gasteiger charge is 2.09. The molecule has 0 aliphatic rings. The van der Waals surface area contributed by atoms with Crippen molar-refractivity contribution in [2.45, 2.75) is 0 Å². The molecular weight excluding hydrogens is 286 g/mol. The van der Waals surface area contributed by atoms with Gasteiger partial charge in [-0.2, -0.15) is 0 Å². The first-order valence-electron chi connectivity index (χ1n) is 3.99. The molecule has 0 radical (unpaired) electrons. The maximum Gasteiger partial charge on any atom is 0.188 e. The van der Waals surface area contributed by atoms with Crippen LogP contribution >= 0.6 is 27.3 Å². The van der Waals surface area contributed by atoms with Crippen LogP contribution in [0, 0.1) is 11.6 Å². The second kappa shape index (κ2) is 4.24. The number of hydrogen-bond donors (Lipinski definition) is 1. The van der Waals surface area contributed by atoms with Crippen LogP contribution < -0.4 is 5.32 Å². The van der Waals surface area contributed by atoms with Gasteiger partial charge in [0.2, 0.25) is 0 Å². The summed E-state index contributed by atoms with van der Waals surface area (Å²) >= 11 is 4.41. The third-order valence-electron chi connectivity index (χ3n) is 1.67. The number of halogens is 3. The first-order chi connectivity index (χ1) is 7.16. The van der Waals surface area contributed by atoms with Crippen molar-refractivity contribution in [2.75, 3.05) is 5.32 Å². The monoisotopic (exact) mass is 290 g/mol. The fourth-order valence-electron chi connectivity index (χ4n) is 1.04. The molecule has 1 N–H and O–H groups in total. The average Bonchev–Trinajstić information content (AvgIpc) is 2.58. The van der Waals surface area contributed by atoms with Crippen LogP contribution in [0.15, 0.2) is 28.2 Å². The number of nitrogens with one attached hydrogen (secondary N) is 1. The van der Waals surface area contributed by atoms with Crippen molar-refractivity contribution in [3.05, 3.63) is 39.8 Å². The van der Waals surface area contributed by atoms with Crippen molar-refractivity contribution in [3.63, 3.8) is 0 Å². The molecule has 0 atom stereocenters. The Morgan fingerprint density at radius 3 is 2.47 bits per heavy atom. The summed E-state index contributed by atoms with van der Waals surface area (Å²) in [6, 6.07) is 3.69. The number of anilines is 2. The SMILES string of the molecule is Fc1cccc(F)c1Nc1nc(Br)cs1. The predicted molar refractivity (Wildman–Crippen MR) is 59.5 cm³/mol. The first kappa shape index (κ1) is 10.5. The molecule has 0 unspecified atom stereocenters. The van der Waals surface area contributed by atoms with Gasteiger partial charge in [-0.05, 0) is 28.1 Å². The van der Waals surface area contributed by atoms with E-state index in [1.807, 2.05) is 0 Å². The molecule has 0 saturated carbocycles. The molecule has 78 valence electrons. The molecule has 6 heteroatoms. The van der Waals surface area contributed by atoms with E-state index >= 15 is 0 Å². The second-order valence-electron chi connectivity index (χ2n) is 2.70. The van der Waals surface area contributed by atoms with E-state index in [-0.39, 0.29) is 5.69 Å². The number of para-hydroxylation sites is 1. The maximum atomic E-state index is 13.2. The standard InChI is InChI=1S/C9H5BrF2N2S/c10-7-4-15-9(13-7)14-8-5(11)2-1-3-6(8)12/h1-4H,(H,13,14). The third kappa shape index (κ3) is 2.32. The summed E-state index contributed by atoms with van der Waals surface area (Å²) in [6.45, 7) is 0. The van der Waals surface area contributed by atoms with Crippen LogP contribution in [0.4, 0.5) is 19.6 Å². The minimum Gasteiger partial charge on any atom is -0.327 e. The van der Waals surface area contributed by atoms with Gasteiger partial charge in [-0.3, -0.25) is 0 Å². The van der Waals surface area contributed by atoms with Crippen molar-refractivity contribution >= 4 is 38.1 Å². The summed E-state index contributed by atoms with van der Waals surface area (Å²) in [5.41, 5.74) is -0.181. The minimum absolute atomic E-state index is 0.181. The number of hydrogen-bond acceptors (Lipinski definition) is 3. The maximum absolute atomic E-state index is 13.2. The number of nitrogens with zero attached hydrogens (tertiary/aromatic N) is 1. The summed E-state index contributed by atoms with van der Waals surface area (Å²) in [4.78, 5) is 3.98. The molecule has 0 bridgehead atoms. The van der Waals surface area contributed by atoms with Gasteiger partial charge in [-0.25, -0.2) is 13.8 Å². The fraction of sp³-hybridized carbons (Fsp3) is 0. The number of rotatable bonds is 2. The topological polar surface area (TPSA) is 24.9 Å². The van der Waals surface area contributed by atoms with E-state index in [9.17, 15) is 8.78 Å². The van der Waals surface area contributed by atoms with Crippen molar-refractivity contribution in [3.8, 4) is 0 Å². The molecule has 0 fully saturated rings. The lowest BCUT2D eigenvalue weighted by molar-refractivity contribution is 0.591. The summed E-state index contributed by atoms with van der Waals surface area (Å²) in [5.74, 6) is -1.28. The van der Waals surface area contributed by atoms with Gasteiger partial charge >= 0.3 is 0 Å². The summed E-state index contributed by atoms with van der Waals surface area (Å²) in [7, 11) is 0. The Morgan fingerprint density at radius 2 is 1.93 bits per heavy atom. The van der Waals surface area contributed by atoms with Crippen LogP contribution in [0.25, 0.3) is 0 Å². The van der Waals surface area contributed by atoms with Crippen LogP contribution in [0.2, 0.25) is 0 Å². The van der Waals surface area contributed by atoms with Gasteiger partial charge in [0.15, 0.2) is 5.13 Å². The molecule has 0 aliphatic carbocycles. The Kier molecular flexibility index (Phi) is 2.97. The number of thiazole rings is 1. The molecule has 1 aromatic heterocycles. The Bertz CT molecular complexity index is 466. The van der Waals surface area contributed by atoms with Gasteiger partial charge in [0, 0.05) is 5.38 Å². The van der Waals surface area contributed by atoms with Gasteiger partial charge < -0.3 is 5.32 Å². The van der Waals surface area contributed by atoms with E-state index in [2.05, 4.69) is 26.2 Å². The molecule has 0 amide bonds. The van der Waals surface area contributed by atoms with Crippen LogP contribution in [0.5, 0.6) is 0 Å². The Morgan fingerprint density at radius 1 is 1.27 bits per heavy atom. The van der Waals surface area contributed by atoms with Crippen LogP contribution in [0.1, 0.15) is 0 Å². The minimum atomic E-state index is -0.638. The smallest absolute Gasteiger partial charge is 0.188 e. The summed E-state index contributed by atoms with van der Waals surface area (Å²) < 4.78 is 27.0. The van der Waals surface area contributed by atoms with Crippen molar-refractivity contribution in [1.29, 1.82) is 0 Å². The zero-order valence-electron chi connectivity index (χ0n) is 7.30. The molecule has 1 aromatic carbocycles. The molecule has 1 heterocycles. The predicted octanol–water partition coefficient (Wildman–Crippen LogP) is 3.93. The van der Waals surface area contributed by atoms with E-state index in [0.717, 1.165) is 0 Å². The van der Waals surface area contributed by atoms with Crippen molar-refractivity contribution in [2.24, 2.45) is 0 Å². The van der Waals surface area contributed by atoms with Gasteiger partial charge in [0.05, 0.1) is 0 Å². The molecule has 2 nitrogen and oxygen atoms in total. The third-order valence-corrected chi connectivity index (χ3v) is 3.14. The normalized spacial score (nSPS) is 10.3. The highest BCUT2D eigenvalue weighted by atomic mass is 79.9. The first-order valence-corrected chi connectivity index (χ1v) is 5.66. The number of benzene rings is 1. The van der Waals surface area contributed by atoms with Crippen LogP contribution in [-0.4, -0.2) is 4.98 Å². The lowest BCUT2D eigenvalue weighted by Gasteiger charge is -2.04. The summed E-state index contributed by atoms with van der Waals surface area (Å²) in [5, 5.41) is 4.75. The molecule has 2 aromatic rings. The highest BCUT2D eigenvalue weighted by molar-refractivity contribution is 9.10. The Balaban J connectivity index is 2.31. The molecule has 0 saturated heterocycles. The van der Waals surface area contributed by atoms with Gasteiger partial charge in [0.25, 0.3) is 0 Å². The zero-order valence-corrected chi connectivity index (χ0v) is 9.70. The van der Waals surface area contributed by atoms with Crippen LogP contribution in [-0.2, 0) is 0 Å². The van der Waals surface area contributed by atoms with E-state index in [1.165, 1.54) is 29.5 Å². The molecule has 0 aliphatic heterocycles. The van der Waals surface area contributed by atoms with Crippen molar-refractivity contribution in [1.82, 2.24) is 4.98 Å². The molecule has 15 heavy (non-hydrogen) atoms. The van der Waals surface area contributed by atoms with Gasteiger partial charge in [-0.1, -0.05) is 6.07 Å². The number of aromatic nitrogens is 1. The Labute approximate surface area is 97.1 Å². The lowest BCUT2D eigenvalue weighted by Crippen LogP contribution is -1.96. The fourth-order valence-corrected chi connectivity index (χ4v) is 2.18. The zero-order chi connectivity index (χ0) is 10.8. The van der Waals surface area contributed by atoms with Gasteiger partial charge in [-0.15, -0.1) is 11.3 Å². The largest absolute Gasteiger partial charge is 0.327 e. The lowest BCUT2D eigenvalue weighted by atomic mass is 10.3. The van der Waals surface area contributed by atoms with Crippen molar-refractivity contribution < 1.29 is 8.78 Å². The van der Waals surface area contributed by atoms with E-state index < -0.39 is 11.6 Å². The van der Waals surface area contributed by atoms with Crippen LogP contribution in [0.3, 0.4) is 0 Å². The summed E-state index contributed by atoms with van der Waals surface area (Å²) in [6.07, 6.45) is 0. The van der Waals surface area contributed by atoms with E-state index in [4.69, 9.17) is 0 Å². The second-order valence-corrected chi connectivity index (χ2v) is 4.37. The quantitative estimate of drug-likeness (QED) is 0.907.